The fourth-order valence-corrected chi connectivity index (χ4v) is 3.54. The molecule has 1 aliphatic heterocycles. The van der Waals surface area contributed by atoms with Crippen molar-refractivity contribution in [2.24, 2.45) is 0 Å². The van der Waals surface area contributed by atoms with E-state index < -0.39 is 12.0 Å². The molecule has 0 radical (unpaired) electrons. The topological polar surface area (TPSA) is 86.3 Å². The largest absolute Gasteiger partial charge is 0.493 e. The van der Waals surface area contributed by atoms with Crippen LogP contribution in [0.3, 0.4) is 0 Å². The highest BCUT2D eigenvalue weighted by Gasteiger charge is 2.38. The summed E-state index contributed by atoms with van der Waals surface area (Å²) >= 11 is 0. The molecule has 8 heteroatoms. The highest BCUT2D eigenvalue weighted by Crippen LogP contribution is 2.40. The standard InChI is InChI=1S/C24H28N2O6/c1-6-31-23(27)20-18(14-32-16-12-10-15(2)11-13-16)26(3)24(28)25-21(20)17-8-7-9-19(29-4)22(17)30-5/h7-13,21H,6,14H2,1-5H3,(H,25,28)/t21-/m0/s1. The minimum atomic E-state index is -0.806. The molecule has 0 bridgehead atoms. The van der Waals surface area contributed by atoms with Crippen LogP contribution in [0, 0.1) is 6.92 Å². The van der Waals surface area contributed by atoms with E-state index in [0.717, 1.165) is 5.56 Å². The minimum Gasteiger partial charge on any atom is -0.493 e. The normalized spacial score (nSPS) is 15.8. The number of amides is 2. The number of hydrogen-bond acceptors (Lipinski definition) is 6. The van der Waals surface area contributed by atoms with Crippen LogP contribution < -0.4 is 19.5 Å². The number of rotatable bonds is 8. The molecule has 0 saturated carbocycles. The Hall–Kier alpha value is -3.68. The number of urea groups is 1. The maximum atomic E-state index is 13.1. The van der Waals surface area contributed by atoms with Crippen LogP contribution >= 0.6 is 0 Å². The second-order valence-electron chi connectivity index (χ2n) is 7.21. The highest BCUT2D eigenvalue weighted by atomic mass is 16.5. The first-order valence-corrected chi connectivity index (χ1v) is 10.3. The molecule has 2 amide bonds. The number of nitrogens with one attached hydrogen (secondary N) is 1. The van der Waals surface area contributed by atoms with Crippen molar-refractivity contribution in [3.63, 3.8) is 0 Å². The molecule has 1 aliphatic rings. The summed E-state index contributed by atoms with van der Waals surface area (Å²) in [5.74, 6) is 0.988. The molecule has 2 aromatic rings. The van der Waals surface area contributed by atoms with Gasteiger partial charge in [-0.2, -0.15) is 0 Å². The van der Waals surface area contributed by atoms with Crippen molar-refractivity contribution in [1.82, 2.24) is 10.2 Å². The number of benzene rings is 2. The second kappa shape index (κ2) is 10.1. The van der Waals surface area contributed by atoms with Gasteiger partial charge in [-0.15, -0.1) is 0 Å². The summed E-state index contributed by atoms with van der Waals surface area (Å²) < 4.78 is 22.2. The van der Waals surface area contributed by atoms with Crippen molar-refractivity contribution in [1.29, 1.82) is 0 Å². The van der Waals surface area contributed by atoms with Gasteiger partial charge in [0.05, 0.1) is 38.1 Å². The van der Waals surface area contributed by atoms with Crippen molar-refractivity contribution in [2.75, 3.05) is 34.5 Å². The molecule has 0 aliphatic carbocycles. The summed E-state index contributed by atoms with van der Waals surface area (Å²) in [6.07, 6.45) is 0. The Balaban J connectivity index is 2.10. The molecule has 0 unspecified atom stereocenters. The summed E-state index contributed by atoms with van der Waals surface area (Å²) in [6.45, 7) is 3.90. The molecule has 1 N–H and O–H groups in total. The van der Waals surface area contributed by atoms with Gasteiger partial charge in [0.25, 0.3) is 0 Å². The van der Waals surface area contributed by atoms with Gasteiger partial charge in [0, 0.05) is 12.6 Å². The van der Waals surface area contributed by atoms with Crippen LogP contribution in [0.1, 0.15) is 24.1 Å². The van der Waals surface area contributed by atoms with Crippen LogP contribution in [0.25, 0.3) is 0 Å². The SMILES string of the molecule is CCOC(=O)C1=C(COc2ccc(C)cc2)N(C)C(=O)N[C@H]1c1cccc(OC)c1OC. The van der Waals surface area contributed by atoms with Gasteiger partial charge in [-0.25, -0.2) is 9.59 Å². The summed E-state index contributed by atoms with van der Waals surface area (Å²) in [6, 6.07) is 11.6. The zero-order valence-corrected chi connectivity index (χ0v) is 18.9. The van der Waals surface area contributed by atoms with E-state index in [-0.39, 0.29) is 24.8 Å². The van der Waals surface area contributed by atoms with Crippen molar-refractivity contribution < 1.29 is 28.5 Å². The maximum absolute atomic E-state index is 13.1. The molecule has 0 spiro atoms. The first-order valence-electron chi connectivity index (χ1n) is 10.3. The first kappa shape index (κ1) is 23.0. The number of carbonyl (C=O) groups is 2. The zero-order chi connectivity index (χ0) is 23.3. The average molecular weight is 440 g/mol. The number of carbonyl (C=O) groups excluding carboxylic acids is 2. The van der Waals surface area contributed by atoms with Crippen LogP contribution in [0.15, 0.2) is 53.7 Å². The molecular weight excluding hydrogens is 412 g/mol. The zero-order valence-electron chi connectivity index (χ0n) is 18.9. The third-order valence-electron chi connectivity index (χ3n) is 5.21. The van der Waals surface area contributed by atoms with E-state index in [4.69, 9.17) is 18.9 Å². The second-order valence-corrected chi connectivity index (χ2v) is 7.21. The van der Waals surface area contributed by atoms with Gasteiger partial charge in [0.1, 0.15) is 12.4 Å². The predicted molar refractivity (Wildman–Crippen MR) is 119 cm³/mol. The van der Waals surface area contributed by atoms with Gasteiger partial charge in [-0.1, -0.05) is 29.8 Å². The number of esters is 1. The lowest BCUT2D eigenvalue weighted by atomic mass is 9.93. The van der Waals surface area contributed by atoms with E-state index in [9.17, 15) is 9.59 Å². The average Bonchev–Trinajstić information content (AvgIpc) is 2.80. The van der Waals surface area contributed by atoms with E-state index in [1.54, 1.807) is 32.2 Å². The minimum absolute atomic E-state index is 0.00388. The Kier molecular flexibility index (Phi) is 7.25. The number of hydrogen-bond donors (Lipinski definition) is 1. The lowest BCUT2D eigenvalue weighted by molar-refractivity contribution is -0.139. The van der Waals surface area contributed by atoms with Crippen LogP contribution in [0.2, 0.25) is 0 Å². The number of likely N-dealkylation sites (N-methyl/N-ethyl adjacent to an activating group) is 1. The third kappa shape index (κ3) is 4.64. The summed E-state index contributed by atoms with van der Waals surface area (Å²) in [5, 5.41) is 2.87. The monoisotopic (exact) mass is 440 g/mol. The third-order valence-corrected chi connectivity index (χ3v) is 5.21. The summed E-state index contributed by atoms with van der Waals surface area (Å²) in [5.41, 5.74) is 2.35. The summed E-state index contributed by atoms with van der Waals surface area (Å²) in [7, 11) is 4.62. The smallest absolute Gasteiger partial charge is 0.338 e. The Morgan fingerprint density at radius 3 is 2.44 bits per heavy atom. The van der Waals surface area contributed by atoms with Crippen molar-refractivity contribution in [3.8, 4) is 17.2 Å². The molecule has 1 heterocycles. The van der Waals surface area contributed by atoms with Crippen LogP contribution in [-0.2, 0) is 9.53 Å². The quantitative estimate of drug-likeness (QED) is 0.631. The number of para-hydroxylation sites is 1. The molecule has 0 aromatic heterocycles. The summed E-state index contributed by atoms with van der Waals surface area (Å²) in [4.78, 5) is 27.3. The van der Waals surface area contributed by atoms with Gasteiger partial charge in [0.2, 0.25) is 0 Å². The van der Waals surface area contributed by atoms with Gasteiger partial charge >= 0.3 is 12.0 Å². The number of methoxy groups -OCH3 is 2. The van der Waals surface area contributed by atoms with Crippen molar-refractivity contribution >= 4 is 12.0 Å². The van der Waals surface area contributed by atoms with Gasteiger partial charge < -0.3 is 24.3 Å². The Labute approximate surface area is 187 Å². The molecule has 32 heavy (non-hydrogen) atoms. The lowest BCUT2D eigenvalue weighted by Crippen LogP contribution is -2.48. The Morgan fingerprint density at radius 1 is 1.09 bits per heavy atom. The molecule has 1 atom stereocenters. The van der Waals surface area contributed by atoms with Crippen LogP contribution in [-0.4, -0.2) is 51.4 Å². The van der Waals surface area contributed by atoms with Crippen LogP contribution in [0.4, 0.5) is 4.79 Å². The number of nitrogens with zero attached hydrogens (tertiary/aromatic N) is 1. The van der Waals surface area contributed by atoms with E-state index in [1.807, 2.05) is 31.2 Å². The fraction of sp³-hybridized carbons (Fsp3) is 0.333. The number of ether oxygens (including phenoxy) is 4. The van der Waals surface area contributed by atoms with Crippen LogP contribution in [0.5, 0.6) is 17.2 Å². The van der Waals surface area contributed by atoms with E-state index in [2.05, 4.69) is 5.32 Å². The fourth-order valence-electron chi connectivity index (χ4n) is 3.54. The highest BCUT2D eigenvalue weighted by molar-refractivity contribution is 5.95. The van der Waals surface area contributed by atoms with Crippen molar-refractivity contribution in [2.45, 2.75) is 19.9 Å². The molecule has 170 valence electrons. The molecule has 3 rings (SSSR count). The molecule has 0 fully saturated rings. The first-order chi connectivity index (χ1) is 15.4. The van der Waals surface area contributed by atoms with Gasteiger partial charge in [-0.3, -0.25) is 4.90 Å². The molecule has 2 aromatic carbocycles. The van der Waals surface area contributed by atoms with E-state index >= 15 is 0 Å². The molecule has 0 saturated heterocycles. The molecule has 8 nitrogen and oxygen atoms in total. The Bertz CT molecular complexity index is 1020. The number of aryl methyl sites for hydroxylation is 1. The van der Waals surface area contributed by atoms with Gasteiger partial charge in [0.15, 0.2) is 11.5 Å². The maximum Gasteiger partial charge on any atom is 0.338 e. The van der Waals surface area contributed by atoms with E-state index in [1.165, 1.54) is 19.1 Å². The van der Waals surface area contributed by atoms with E-state index in [0.29, 0.717) is 28.5 Å². The molecular formula is C24H28N2O6. The predicted octanol–water partition coefficient (Wildman–Crippen LogP) is 3.60. The lowest BCUT2D eigenvalue weighted by Gasteiger charge is -2.35. The van der Waals surface area contributed by atoms with Crippen molar-refractivity contribution in [3.05, 3.63) is 64.9 Å². The van der Waals surface area contributed by atoms with Gasteiger partial charge in [-0.05, 0) is 32.0 Å². The Morgan fingerprint density at radius 2 is 1.81 bits per heavy atom.